The van der Waals surface area contributed by atoms with Gasteiger partial charge in [-0.2, -0.15) is 0 Å². The molecule has 6 nitrogen and oxygen atoms in total. The molecule has 5 aliphatic rings. The predicted octanol–water partition coefficient (Wildman–Crippen LogP) is 3.82. The van der Waals surface area contributed by atoms with E-state index in [1.807, 2.05) is 6.92 Å². The van der Waals surface area contributed by atoms with Crippen molar-refractivity contribution in [2.24, 2.45) is 22.7 Å². The van der Waals surface area contributed by atoms with Crippen LogP contribution in [0.5, 0.6) is 0 Å². The minimum Gasteiger partial charge on any atom is -0.478 e. The van der Waals surface area contributed by atoms with E-state index < -0.39 is 11.4 Å². The number of allylic oxidation sites excluding steroid dienone is 2. The van der Waals surface area contributed by atoms with Gasteiger partial charge in [-0.1, -0.05) is 19.1 Å². The Morgan fingerprint density at radius 2 is 2.10 bits per heavy atom. The highest BCUT2D eigenvalue weighted by molar-refractivity contribution is 5.98. The van der Waals surface area contributed by atoms with Crippen LogP contribution in [0.4, 0.5) is 5.69 Å². The Kier molecular flexibility index (Phi) is 4.07. The SMILES string of the molecule is CC12CC34C=CC(=O)[C@@](C)(CCC(=O)Nc5cccc(C(=O)O)c5)C3C(CC1C4)O2. The van der Waals surface area contributed by atoms with Crippen LogP contribution < -0.4 is 5.32 Å². The zero-order valence-electron chi connectivity index (χ0n) is 17.3. The Morgan fingerprint density at radius 1 is 1.30 bits per heavy atom. The van der Waals surface area contributed by atoms with E-state index in [0.29, 0.717) is 18.0 Å². The second kappa shape index (κ2) is 6.27. The summed E-state index contributed by atoms with van der Waals surface area (Å²) in [5.41, 5.74) is -0.117. The number of carboxylic acid groups (broad SMARTS) is 1. The highest BCUT2D eigenvalue weighted by Gasteiger charge is 2.71. The van der Waals surface area contributed by atoms with Gasteiger partial charge in [-0.3, -0.25) is 9.59 Å². The number of nitrogens with one attached hydrogen (secondary N) is 1. The number of carbonyl (C=O) groups excluding carboxylic acids is 2. The van der Waals surface area contributed by atoms with Gasteiger partial charge >= 0.3 is 5.97 Å². The average Bonchev–Trinajstić information content (AvgIpc) is 3.05. The molecule has 6 rings (SSSR count). The van der Waals surface area contributed by atoms with Gasteiger partial charge in [-0.15, -0.1) is 0 Å². The molecule has 2 aliphatic heterocycles. The molecule has 3 aliphatic carbocycles. The number of ether oxygens (including phenoxy) is 1. The average molecular weight is 409 g/mol. The highest BCUT2D eigenvalue weighted by Crippen LogP contribution is 2.71. The van der Waals surface area contributed by atoms with Gasteiger partial charge in [0, 0.05) is 23.4 Å². The molecule has 2 heterocycles. The van der Waals surface area contributed by atoms with Gasteiger partial charge in [0.05, 0.1) is 17.3 Å². The molecule has 0 radical (unpaired) electrons. The Balaban J connectivity index is 1.33. The molecule has 2 saturated carbocycles. The number of hydrogen-bond acceptors (Lipinski definition) is 4. The molecule has 4 fully saturated rings. The van der Waals surface area contributed by atoms with Gasteiger partial charge in [0.15, 0.2) is 5.78 Å². The van der Waals surface area contributed by atoms with Crippen molar-refractivity contribution < 1.29 is 24.2 Å². The van der Waals surface area contributed by atoms with Crippen LogP contribution in [0, 0.1) is 22.7 Å². The topological polar surface area (TPSA) is 92.7 Å². The first-order valence-electron chi connectivity index (χ1n) is 10.7. The van der Waals surface area contributed by atoms with Gasteiger partial charge in [0.2, 0.25) is 5.91 Å². The molecular formula is C24H27NO5. The van der Waals surface area contributed by atoms with Crippen molar-refractivity contribution in [3.63, 3.8) is 0 Å². The monoisotopic (exact) mass is 409 g/mol. The summed E-state index contributed by atoms with van der Waals surface area (Å²) in [6.45, 7) is 4.21. The summed E-state index contributed by atoms with van der Waals surface area (Å²) in [5, 5.41) is 11.9. The third-order valence-electron chi connectivity index (χ3n) is 8.18. The molecule has 2 saturated heterocycles. The van der Waals surface area contributed by atoms with Crippen molar-refractivity contribution in [2.45, 2.75) is 57.7 Å². The van der Waals surface area contributed by atoms with Crippen molar-refractivity contribution in [3.8, 4) is 0 Å². The van der Waals surface area contributed by atoms with E-state index in [2.05, 4.69) is 18.3 Å². The van der Waals surface area contributed by atoms with Crippen LogP contribution in [0.25, 0.3) is 0 Å². The number of carbonyl (C=O) groups is 3. The lowest BCUT2D eigenvalue weighted by Crippen LogP contribution is -2.56. The summed E-state index contributed by atoms with van der Waals surface area (Å²) in [7, 11) is 0. The lowest BCUT2D eigenvalue weighted by molar-refractivity contribution is -0.169. The van der Waals surface area contributed by atoms with Crippen LogP contribution in [0.2, 0.25) is 0 Å². The predicted molar refractivity (Wildman–Crippen MR) is 110 cm³/mol. The lowest BCUT2D eigenvalue weighted by Gasteiger charge is -2.55. The maximum absolute atomic E-state index is 13.0. The standard InChI is InChI=1S/C24H27NO5/c1-22(8-7-19(27)25-16-5-3-4-14(10-16)21(28)29)18(26)6-9-24-12-15-11-17(20(22)24)30-23(15,2)13-24/h3-6,9-10,15,17,20H,7-8,11-13H2,1-2H3,(H,25,27)(H,28,29)/t15?,17?,20?,22-,23?,24?/m1/s1. The fourth-order valence-corrected chi connectivity index (χ4v) is 6.97. The number of carboxylic acids is 1. The van der Waals surface area contributed by atoms with E-state index in [1.165, 1.54) is 12.1 Å². The largest absolute Gasteiger partial charge is 0.478 e. The normalized spacial score (nSPS) is 40.5. The molecule has 6 atom stereocenters. The first-order valence-corrected chi connectivity index (χ1v) is 10.7. The molecule has 1 spiro atoms. The minimum atomic E-state index is -1.04. The summed E-state index contributed by atoms with van der Waals surface area (Å²) in [6, 6.07) is 6.19. The van der Waals surface area contributed by atoms with E-state index in [-0.39, 0.29) is 46.7 Å². The Bertz CT molecular complexity index is 986. The molecule has 4 bridgehead atoms. The second-order valence-electron chi connectivity index (χ2n) is 10.0. The van der Waals surface area contributed by atoms with Crippen LogP contribution in [-0.2, 0) is 14.3 Å². The maximum Gasteiger partial charge on any atom is 0.335 e. The number of benzene rings is 1. The van der Waals surface area contributed by atoms with Crippen molar-refractivity contribution in [2.75, 3.05) is 5.32 Å². The zero-order valence-corrected chi connectivity index (χ0v) is 17.3. The van der Waals surface area contributed by atoms with Crippen LogP contribution >= 0.6 is 0 Å². The van der Waals surface area contributed by atoms with Crippen molar-refractivity contribution in [3.05, 3.63) is 42.0 Å². The van der Waals surface area contributed by atoms with Crippen molar-refractivity contribution >= 4 is 23.3 Å². The molecule has 1 aromatic rings. The van der Waals surface area contributed by atoms with Crippen LogP contribution in [0.15, 0.2) is 36.4 Å². The number of anilines is 1. The van der Waals surface area contributed by atoms with Crippen LogP contribution in [-0.4, -0.2) is 34.5 Å². The summed E-state index contributed by atoms with van der Waals surface area (Å²) in [5.74, 6) is -0.498. The second-order valence-corrected chi connectivity index (χ2v) is 10.0. The molecule has 0 aromatic heterocycles. The summed E-state index contributed by atoms with van der Waals surface area (Å²) < 4.78 is 6.44. The number of rotatable bonds is 5. The molecule has 158 valence electrons. The molecule has 2 N–H and O–H groups in total. The molecular weight excluding hydrogens is 382 g/mol. The third-order valence-corrected chi connectivity index (χ3v) is 8.18. The summed E-state index contributed by atoms with van der Waals surface area (Å²) in [4.78, 5) is 36.8. The minimum absolute atomic E-state index is 0.00946. The molecule has 1 aromatic carbocycles. The number of amides is 1. The number of aromatic carboxylic acids is 1. The Labute approximate surface area is 175 Å². The van der Waals surface area contributed by atoms with Gasteiger partial charge in [-0.05, 0) is 68.2 Å². The molecule has 1 amide bonds. The Hall–Kier alpha value is -2.47. The maximum atomic E-state index is 13.0. The summed E-state index contributed by atoms with van der Waals surface area (Å²) in [6.07, 6.45) is 7.66. The smallest absolute Gasteiger partial charge is 0.335 e. The number of ketones is 1. The van der Waals surface area contributed by atoms with E-state index in [1.54, 1.807) is 18.2 Å². The molecule has 6 heteroatoms. The van der Waals surface area contributed by atoms with E-state index in [4.69, 9.17) is 9.84 Å². The van der Waals surface area contributed by atoms with E-state index >= 15 is 0 Å². The highest BCUT2D eigenvalue weighted by atomic mass is 16.5. The third kappa shape index (κ3) is 2.69. The van der Waals surface area contributed by atoms with Gasteiger partial charge in [-0.25, -0.2) is 4.79 Å². The molecule has 30 heavy (non-hydrogen) atoms. The van der Waals surface area contributed by atoms with Gasteiger partial charge < -0.3 is 15.2 Å². The van der Waals surface area contributed by atoms with Crippen molar-refractivity contribution in [1.29, 1.82) is 0 Å². The Morgan fingerprint density at radius 3 is 2.83 bits per heavy atom. The fourth-order valence-electron chi connectivity index (χ4n) is 6.97. The fraction of sp³-hybridized carbons (Fsp3) is 0.542. The quantitative estimate of drug-likeness (QED) is 0.771. The van der Waals surface area contributed by atoms with Gasteiger partial charge in [0.25, 0.3) is 0 Å². The molecule has 5 unspecified atom stereocenters. The number of hydrogen-bond donors (Lipinski definition) is 2. The lowest BCUT2D eigenvalue weighted by atomic mass is 9.51. The first-order chi connectivity index (χ1) is 14.2. The zero-order chi connectivity index (χ0) is 21.3. The van der Waals surface area contributed by atoms with E-state index in [0.717, 1.165) is 19.3 Å². The van der Waals surface area contributed by atoms with Crippen LogP contribution in [0.3, 0.4) is 0 Å². The van der Waals surface area contributed by atoms with Crippen molar-refractivity contribution in [1.82, 2.24) is 0 Å². The first kappa shape index (κ1) is 19.5. The van der Waals surface area contributed by atoms with Crippen LogP contribution in [0.1, 0.15) is 56.3 Å². The van der Waals surface area contributed by atoms with Gasteiger partial charge in [0.1, 0.15) is 0 Å². The van der Waals surface area contributed by atoms with E-state index in [9.17, 15) is 14.4 Å². The summed E-state index contributed by atoms with van der Waals surface area (Å²) >= 11 is 0.